The molecule has 0 amide bonds. The molecule has 0 aromatic rings. The van der Waals surface area contributed by atoms with Gasteiger partial charge < -0.3 is 5.11 Å². The van der Waals surface area contributed by atoms with Gasteiger partial charge in [0.1, 0.15) is 11.3 Å². The van der Waals surface area contributed by atoms with Crippen molar-refractivity contribution >= 4 is 22.7 Å². The van der Waals surface area contributed by atoms with Crippen LogP contribution in [0.2, 0.25) is 0 Å². The Balaban J connectivity index is 3.26. The van der Waals surface area contributed by atoms with Crippen LogP contribution in [0.1, 0.15) is 20.8 Å². The summed E-state index contributed by atoms with van der Waals surface area (Å²) in [5.74, 6) is -0.556. The van der Waals surface area contributed by atoms with Crippen LogP contribution in [0.3, 0.4) is 0 Å². The van der Waals surface area contributed by atoms with Crippen molar-refractivity contribution in [3.05, 3.63) is 35.6 Å². The zero-order valence-corrected chi connectivity index (χ0v) is 10.4. The number of hydrogen-bond donors (Lipinski definition) is 1. The van der Waals surface area contributed by atoms with Gasteiger partial charge in [0.25, 0.3) is 0 Å². The average Bonchev–Trinajstić information content (AvgIpc) is 2.37. The van der Waals surface area contributed by atoms with Gasteiger partial charge in [-0.1, -0.05) is 36.1 Å². The minimum absolute atomic E-state index is 0.0967. The van der Waals surface area contributed by atoms with Crippen LogP contribution in [0.5, 0.6) is 0 Å². The second-order valence-electron chi connectivity index (χ2n) is 3.87. The van der Waals surface area contributed by atoms with E-state index >= 15 is 0 Å². The van der Waals surface area contributed by atoms with Crippen LogP contribution < -0.4 is 0 Å². The van der Waals surface area contributed by atoms with E-state index < -0.39 is 10.5 Å². The van der Waals surface area contributed by atoms with Crippen molar-refractivity contribution in [3.63, 3.8) is 0 Å². The molecule has 1 aliphatic rings. The first-order valence-corrected chi connectivity index (χ1v) is 5.63. The van der Waals surface area contributed by atoms with Gasteiger partial charge in [-0.15, -0.1) is 0 Å². The number of aliphatic hydroxyl groups excluding tert-OH is 1. The van der Waals surface area contributed by atoms with E-state index in [2.05, 4.69) is 6.58 Å². The van der Waals surface area contributed by atoms with Gasteiger partial charge in [0, 0.05) is 0 Å². The lowest BCUT2D eigenvalue weighted by molar-refractivity contribution is -0.116. The lowest BCUT2D eigenvalue weighted by atomic mass is 10.0. The predicted octanol–water partition coefficient (Wildman–Crippen LogP) is 2.55. The lowest BCUT2D eigenvalue weighted by Crippen LogP contribution is -2.18. The second kappa shape index (κ2) is 4.29. The predicted molar refractivity (Wildman–Crippen MR) is 65.3 cm³/mol. The van der Waals surface area contributed by atoms with Gasteiger partial charge in [0.05, 0.1) is 4.75 Å². The molecule has 0 aromatic carbocycles. The van der Waals surface area contributed by atoms with Crippen molar-refractivity contribution in [2.45, 2.75) is 25.5 Å². The molecule has 1 aliphatic heterocycles. The second-order valence-corrected chi connectivity index (χ2v) is 5.29. The molecule has 0 bridgehead atoms. The van der Waals surface area contributed by atoms with Gasteiger partial charge in [-0.25, -0.2) is 0 Å². The van der Waals surface area contributed by atoms with Gasteiger partial charge in [0.15, 0.2) is 5.78 Å². The van der Waals surface area contributed by atoms with E-state index in [1.165, 1.54) is 6.92 Å². The topological polar surface area (TPSA) is 54.4 Å². The molecule has 1 N–H and O–H groups in total. The highest BCUT2D eigenvalue weighted by atomic mass is 32.2. The summed E-state index contributed by atoms with van der Waals surface area (Å²) in [5.41, 5.74) is 0.750. The number of thioether (sulfide) groups is 1. The van der Waals surface area contributed by atoms with Crippen molar-refractivity contribution < 1.29 is 14.7 Å². The molecule has 1 atom stereocenters. The fourth-order valence-electron chi connectivity index (χ4n) is 1.54. The number of allylic oxidation sites excluding steroid dienone is 2. The molecule has 0 aliphatic carbocycles. The fraction of sp³-hybridized carbons (Fsp3) is 0.333. The number of hydrogen-bond acceptors (Lipinski definition) is 4. The van der Waals surface area contributed by atoms with Crippen LogP contribution >= 0.6 is 11.8 Å². The summed E-state index contributed by atoms with van der Waals surface area (Å²) >= 11 is 0.948. The molecule has 0 saturated carbocycles. The first kappa shape index (κ1) is 12.8. The smallest absolute Gasteiger partial charge is 0.227 e. The maximum Gasteiger partial charge on any atom is 0.227 e. The number of carbonyl (C=O) groups is 2. The van der Waals surface area contributed by atoms with Gasteiger partial charge in [-0.3, -0.25) is 9.59 Å². The first-order chi connectivity index (χ1) is 7.31. The van der Waals surface area contributed by atoms with Gasteiger partial charge in [0.2, 0.25) is 5.12 Å². The van der Waals surface area contributed by atoms with Crippen molar-refractivity contribution in [1.29, 1.82) is 0 Å². The Morgan fingerprint density at radius 2 is 2.06 bits per heavy atom. The molecule has 0 aromatic heterocycles. The van der Waals surface area contributed by atoms with Crippen LogP contribution in [-0.4, -0.2) is 20.8 Å². The molecule has 1 heterocycles. The number of carbonyl (C=O) groups excluding carboxylic acids is 2. The third-order valence-corrected chi connectivity index (χ3v) is 3.52. The molecule has 86 valence electrons. The van der Waals surface area contributed by atoms with E-state index in [0.29, 0.717) is 0 Å². The van der Waals surface area contributed by atoms with Gasteiger partial charge in [-0.05, 0) is 20.8 Å². The largest absolute Gasteiger partial charge is 0.510 e. The van der Waals surface area contributed by atoms with Crippen LogP contribution in [0.25, 0.3) is 0 Å². The Morgan fingerprint density at radius 3 is 2.44 bits per heavy atom. The summed E-state index contributed by atoms with van der Waals surface area (Å²) in [7, 11) is 0. The highest BCUT2D eigenvalue weighted by molar-refractivity contribution is 8.16. The minimum Gasteiger partial charge on any atom is -0.510 e. The first-order valence-electron chi connectivity index (χ1n) is 4.81. The quantitative estimate of drug-likeness (QED) is 0.606. The molecular formula is C12H14O3S. The Morgan fingerprint density at radius 1 is 1.50 bits per heavy atom. The summed E-state index contributed by atoms with van der Waals surface area (Å²) in [5, 5.41) is 9.56. The van der Waals surface area contributed by atoms with E-state index in [1.807, 2.05) is 6.92 Å². The molecular weight excluding hydrogens is 224 g/mol. The number of ketones is 1. The average molecular weight is 238 g/mol. The summed E-state index contributed by atoms with van der Waals surface area (Å²) in [4.78, 5) is 22.8. The van der Waals surface area contributed by atoms with E-state index in [-0.39, 0.29) is 16.4 Å². The van der Waals surface area contributed by atoms with Crippen LogP contribution in [0.15, 0.2) is 35.6 Å². The Kier molecular flexibility index (Phi) is 3.43. The van der Waals surface area contributed by atoms with Crippen molar-refractivity contribution in [2.75, 3.05) is 0 Å². The third-order valence-electron chi connectivity index (χ3n) is 2.39. The van der Waals surface area contributed by atoms with E-state index in [4.69, 9.17) is 0 Å². The lowest BCUT2D eigenvalue weighted by Gasteiger charge is -2.18. The molecule has 0 radical (unpaired) electrons. The minimum atomic E-state index is -0.851. The van der Waals surface area contributed by atoms with E-state index in [0.717, 1.165) is 17.3 Å². The molecule has 0 fully saturated rings. The van der Waals surface area contributed by atoms with Crippen molar-refractivity contribution in [2.24, 2.45) is 0 Å². The van der Waals surface area contributed by atoms with E-state index in [9.17, 15) is 14.7 Å². The number of Topliss-reactive ketones (excluding diaryl/α,β-unsaturated/α-hetero) is 1. The van der Waals surface area contributed by atoms with Crippen molar-refractivity contribution in [3.8, 4) is 0 Å². The Labute approximate surface area is 98.9 Å². The monoisotopic (exact) mass is 238 g/mol. The molecule has 1 rings (SSSR count). The summed E-state index contributed by atoms with van der Waals surface area (Å²) in [6.07, 6.45) is 3.36. The molecule has 4 heteroatoms. The van der Waals surface area contributed by atoms with Crippen LogP contribution in [-0.2, 0) is 9.59 Å². The maximum absolute atomic E-state index is 11.6. The Bertz CT molecular complexity index is 432. The molecule has 1 unspecified atom stereocenters. The number of rotatable bonds is 3. The zero-order chi connectivity index (χ0) is 12.5. The SMILES string of the molecule is C=C/C(C)=C\C1(C)SC(=O)C(C(C)=O)=C1O. The van der Waals surface area contributed by atoms with Crippen LogP contribution in [0.4, 0.5) is 0 Å². The fourth-order valence-corrected chi connectivity index (χ4v) is 2.71. The van der Waals surface area contributed by atoms with E-state index in [1.54, 1.807) is 19.1 Å². The molecule has 16 heavy (non-hydrogen) atoms. The Hall–Kier alpha value is -1.29. The van der Waals surface area contributed by atoms with Gasteiger partial charge >= 0.3 is 0 Å². The molecule has 3 nitrogen and oxygen atoms in total. The zero-order valence-electron chi connectivity index (χ0n) is 9.53. The summed E-state index contributed by atoms with van der Waals surface area (Å²) in [6.45, 7) is 8.41. The van der Waals surface area contributed by atoms with Gasteiger partial charge in [-0.2, -0.15) is 0 Å². The summed E-state index contributed by atoms with van der Waals surface area (Å²) < 4.78 is -0.851. The highest BCUT2D eigenvalue weighted by Gasteiger charge is 2.43. The normalized spacial score (nSPS) is 26.2. The number of aliphatic hydroxyl groups is 1. The third kappa shape index (κ3) is 2.11. The molecule has 0 saturated heterocycles. The summed E-state index contributed by atoms with van der Waals surface area (Å²) in [6, 6.07) is 0. The van der Waals surface area contributed by atoms with Crippen molar-refractivity contribution in [1.82, 2.24) is 0 Å². The standard InChI is InChI=1S/C12H14O3S/c1-5-7(2)6-12(4)10(14)9(8(3)13)11(15)16-12/h5-6,14H,1H2,2-4H3/b7-6-. The highest BCUT2D eigenvalue weighted by Crippen LogP contribution is 2.44. The molecule has 0 spiro atoms. The maximum atomic E-state index is 11.6. The van der Waals surface area contributed by atoms with Crippen LogP contribution in [0, 0.1) is 0 Å².